The molecule has 1 atom stereocenters. The van der Waals surface area contributed by atoms with E-state index in [9.17, 15) is 13.2 Å². The third-order valence-electron chi connectivity index (χ3n) is 4.30. The Hall–Kier alpha value is -0.420. The quantitative estimate of drug-likeness (QED) is 0.773. The zero-order valence-electron chi connectivity index (χ0n) is 11.1. The van der Waals surface area contributed by atoms with E-state index in [1.165, 1.54) is 6.42 Å². The molecule has 5 heteroatoms. The molecule has 1 unspecified atom stereocenters. The fraction of sp³-hybridized carbons (Fsp3) is 0.923. The van der Waals surface area contributed by atoms with Gasteiger partial charge in [-0.1, -0.05) is 19.3 Å². The molecule has 4 nitrogen and oxygen atoms in total. The smallest absolute Gasteiger partial charge is 0.151 e. The molecule has 1 saturated heterocycles. The summed E-state index contributed by atoms with van der Waals surface area (Å²) in [7, 11) is -0.973. The molecule has 0 aromatic rings. The number of ketones is 1. The summed E-state index contributed by atoms with van der Waals surface area (Å²) >= 11 is 0. The number of carbonyl (C=O) groups excluding carboxylic acids is 1. The molecule has 104 valence electrons. The van der Waals surface area contributed by atoms with Gasteiger partial charge >= 0.3 is 0 Å². The standard InChI is InChI=1S/C13H23NO3S/c1-14(12-7-8-18(16,17)10-12)9-13(15)11-5-3-2-4-6-11/h11-12H,2-10H2,1H3. The molecular weight excluding hydrogens is 250 g/mol. The van der Waals surface area contributed by atoms with E-state index < -0.39 is 9.84 Å². The van der Waals surface area contributed by atoms with Crippen LogP contribution in [0.4, 0.5) is 0 Å². The van der Waals surface area contributed by atoms with E-state index in [0.717, 1.165) is 25.7 Å². The van der Waals surface area contributed by atoms with Crippen LogP contribution >= 0.6 is 0 Å². The molecule has 2 rings (SSSR count). The Balaban J connectivity index is 1.83. The minimum Gasteiger partial charge on any atom is -0.298 e. The minimum atomic E-state index is -2.85. The monoisotopic (exact) mass is 273 g/mol. The summed E-state index contributed by atoms with van der Waals surface area (Å²) in [6.07, 6.45) is 6.30. The Labute approximate surface area is 110 Å². The fourth-order valence-electron chi connectivity index (χ4n) is 3.05. The number of hydrogen-bond acceptors (Lipinski definition) is 4. The fourth-order valence-corrected chi connectivity index (χ4v) is 4.86. The third kappa shape index (κ3) is 3.54. The average Bonchev–Trinajstić information content (AvgIpc) is 2.71. The number of Topliss-reactive ketones (excluding diaryl/α,β-unsaturated/α-hetero) is 1. The van der Waals surface area contributed by atoms with Crippen molar-refractivity contribution in [2.45, 2.75) is 44.6 Å². The van der Waals surface area contributed by atoms with E-state index in [0.29, 0.717) is 18.7 Å². The van der Waals surface area contributed by atoms with Crippen molar-refractivity contribution >= 4 is 15.6 Å². The molecule has 0 aromatic heterocycles. The maximum atomic E-state index is 12.1. The molecule has 1 aliphatic carbocycles. The highest BCUT2D eigenvalue weighted by Gasteiger charge is 2.32. The first-order valence-electron chi connectivity index (χ1n) is 6.91. The molecule has 0 amide bonds. The Morgan fingerprint density at radius 2 is 1.83 bits per heavy atom. The molecular formula is C13H23NO3S. The van der Waals surface area contributed by atoms with Gasteiger partial charge < -0.3 is 0 Å². The summed E-state index contributed by atoms with van der Waals surface area (Å²) in [4.78, 5) is 14.1. The van der Waals surface area contributed by atoms with Crippen LogP contribution in [0.5, 0.6) is 0 Å². The molecule has 1 saturated carbocycles. The lowest BCUT2D eigenvalue weighted by Crippen LogP contribution is -2.39. The molecule has 1 aliphatic heterocycles. The SMILES string of the molecule is CN(CC(=O)C1CCCCC1)C1CCS(=O)(=O)C1. The van der Waals surface area contributed by atoms with E-state index in [4.69, 9.17) is 0 Å². The average molecular weight is 273 g/mol. The molecule has 0 bridgehead atoms. The molecule has 0 aromatic carbocycles. The maximum absolute atomic E-state index is 12.1. The molecule has 2 fully saturated rings. The Bertz CT molecular complexity index is 398. The van der Waals surface area contributed by atoms with Crippen LogP contribution in [0.25, 0.3) is 0 Å². The van der Waals surface area contributed by atoms with Gasteiger partial charge in [-0.25, -0.2) is 8.42 Å². The number of rotatable bonds is 4. The lowest BCUT2D eigenvalue weighted by Gasteiger charge is -2.26. The number of carbonyl (C=O) groups is 1. The van der Waals surface area contributed by atoms with Gasteiger partial charge in [-0.2, -0.15) is 0 Å². The topological polar surface area (TPSA) is 54.5 Å². The van der Waals surface area contributed by atoms with Crippen LogP contribution in [0.15, 0.2) is 0 Å². The summed E-state index contributed by atoms with van der Waals surface area (Å²) in [5, 5.41) is 0. The van der Waals surface area contributed by atoms with Crippen molar-refractivity contribution in [2.24, 2.45) is 5.92 Å². The van der Waals surface area contributed by atoms with Gasteiger partial charge in [0.05, 0.1) is 18.1 Å². The van der Waals surface area contributed by atoms with Crippen molar-refractivity contribution in [3.8, 4) is 0 Å². The molecule has 0 N–H and O–H groups in total. The molecule has 0 spiro atoms. The zero-order valence-corrected chi connectivity index (χ0v) is 11.9. The van der Waals surface area contributed by atoms with Crippen molar-refractivity contribution in [3.63, 3.8) is 0 Å². The molecule has 1 heterocycles. The van der Waals surface area contributed by atoms with Gasteiger partial charge in [-0.05, 0) is 26.3 Å². The second-order valence-corrected chi connectivity index (χ2v) is 8.00. The van der Waals surface area contributed by atoms with Crippen LogP contribution in [-0.2, 0) is 14.6 Å². The predicted molar refractivity (Wildman–Crippen MR) is 71.3 cm³/mol. The highest BCUT2D eigenvalue weighted by molar-refractivity contribution is 7.91. The van der Waals surface area contributed by atoms with Gasteiger partial charge in [0.2, 0.25) is 0 Å². The van der Waals surface area contributed by atoms with Crippen molar-refractivity contribution in [1.29, 1.82) is 0 Å². The maximum Gasteiger partial charge on any atom is 0.151 e. The number of likely N-dealkylation sites (N-methyl/N-ethyl adjacent to an activating group) is 1. The van der Waals surface area contributed by atoms with Gasteiger partial charge in [0.25, 0.3) is 0 Å². The molecule has 18 heavy (non-hydrogen) atoms. The number of hydrogen-bond donors (Lipinski definition) is 0. The van der Waals surface area contributed by atoms with Crippen LogP contribution < -0.4 is 0 Å². The van der Waals surface area contributed by atoms with Crippen molar-refractivity contribution in [3.05, 3.63) is 0 Å². The van der Waals surface area contributed by atoms with Crippen molar-refractivity contribution in [1.82, 2.24) is 4.90 Å². The Kier molecular flexibility index (Phi) is 4.43. The summed E-state index contributed by atoms with van der Waals surface area (Å²) < 4.78 is 22.8. The lowest BCUT2D eigenvalue weighted by molar-refractivity contribution is -0.125. The van der Waals surface area contributed by atoms with Crippen molar-refractivity contribution in [2.75, 3.05) is 25.1 Å². The normalized spacial score (nSPS) is 28.7. The number of nitrogens with zero attached hydrogens (tertiary/aromatic N) is 1. The third-order valence-corrected chi connectivity index (χ3v) is 6.05. The summed E-state index contributed by atoms with van der Waals surface area (Å²) in [5.41, 5.74) is 0. The van der Waals surface area contributed by atoms with Crippen LogP contribution in [0.1, 0.15) is 38.5 Å². The van der Waals surface area contributed by atoms with Gasteiger partial charge in [-0.3, -0.25) is 9.69 Å². The summed E-state index contributed by atoms with van der Waals surface area (Å²) in [5.74, 6) is 1.03. The van der Waals surface area contributed by atoms with E-state index in [1.807, 2.05) is 11.9 Å². The molecule has 0 radical (unpaired) electrons. The second kappa shape index (κ2) is 5.70. The van der Waals surface area contributed by atoms with Crippen LogP contribution in [-0.4, -0.2) is 50.2 Å². The van der Waals surface area contributed by atoms with Gasteiger partial charge in [-0.15, -0.1) is 0 Å². The largest absolute Gasteiger partial charge is 0.298 e. The minimum absolute atomic E-state index is 0.0440. The van der Waals surface area contributed by atoms with E-state index >= 15 is 0 Å². The first-order valence-corrected chi connectivity index (χ1v) is 8.73. The zero-order chi connectivity index (χ0) is 13.2. The van der Waals surface area contributed by atoms with E-state index in [2.05, 4.69) is 0 Å². The van der Waals surface area contributed by atoms with Crippen LogP contribution in [0.3, 0.4) is 0 Å². The Morgan fingerprint density at radius 3 is 2.39 bits per heavy atom. The second-order valence-electron chi connectivity index (χ2n) is 5.77. The van der Waals surface area contributed by atoms with Crippen LogP contribution in [0.2, 0.25) is 0 Å². The summed E-state index contributed by atoms with van der Waals surface area (Å²) in [6.45, 7) is 0.421. The highest BCUT2D eigenvalue weighted by Crippen LogP contribution is 2.25. The van der Waals surface area contributed by atoms with E-state index in [-0.39, 0.29) is 23.5 Å². The van der Waals surface area contributed by atoms with Gasteiger partial charge in [0.15, 0.2) is 9.84 Å². The molecule has 2 aliphatic rings. The van der Waals surface area contributed by atoms with Gasteiger partial charge in [0, 0.05) is 12.0 Å². The summed E-state index contributed by atoms with van der Waals surface area (Å²) in [6, 6.07) is 0.0440. The first-order chi connectivity index (χ1) is 8.48. The van der Waals surface area contributed by atoms with E-state index in [1.54, 1.807) is 0 Å². The highest BCUT2D eigenvalue weighted by atomic mass is 32.2. The predicted octanol–water partition coefficient (Wildman–Crippen LogP) is 1.25. The number of sulfone groups is 1. The van der Waals surface area contributed by atoms with Gasteiger partial charge in [0.1, 0.15) is 5.78 Å². The Morgan fingerprint density at radius 1 is 1.17 bits per heavy atom. The lowest BCUT2D eigenvalue weighted by atomic mass is 9.86. The first kappa shape index (κ1) is 14.0. The van der Waals surface area contributed by atoms with Crippen LogP contribution in [0, 0.1) is 5.92 Å². The van der Waals surface area contributed by atoms with Crippen molar-refractivity contribution < 1.29 is 13.2 Å².